The number of benzene rings is 1. The van der Waals surface area contributed by atoms with Crippen LogP contribution in [-0.4, -0.2) is 24.6 Å². The summed E-state index contributed by atoms with van der Waals surface area (Å²) in [6.07, 6.45) is 0. The maximum Gasteiger partial charge on any atom is 0.319 e. The molecule has 0 heterocycles. The smallest absolute Gasteiger partial charge is 0.319 e. The third-order valence-corrected chi connectivity index (χ3v) is 1.97. The van der Waals surface area contributed by atoms with Gasteiger partial charge in [0.15, 0.2) is 5.75 Å². The number of anilines is 1. The molecule has 0 atom stereocenters. The lowest BCUT2D eigenvalue weighted by Crippen LogP contribution is -2.28. The lowest BCUT2D eigenvalue weighted by molar-refractivity contribution is -0.385. The first-order chi connectivity index (χ1) is 8.08. The van der Waals surface area contributed by atoms with Crippen molar-refractivity contribution < 1.29 is 14.5 Å². The van der Waals surface area contributed by atoms with E-state index in [1.807, 2.05) is 0 Å². The molecule has 1 rings (SSSR count). The molecule has 1 aromatic carbocycles. The molecule has 0 spiro atoms. The highest BCUT2D eigenvalue weighted by molar-refractivity contribution is 5.89. The van der Waals surface area contributed by atoms with Crippen LogP contribution < -0.4 is 15.4 Å². The molecule has 17 heavy (non-hydrogen) atoms. The zero-order valence-corrected chi connectivity index (χ0v) is 9.52. The maximum atomic E-state index is 11.2. The van der Waals surface area contributed by atoms with E-state index in [0.29, 0.717) is 12.2 Å². The third kappa shape index (κ3) is 3.33. The van der Waals surface area contributed by atoms with Crippen LogP contribution in [0.3, 0.4) is 0 Å². The summed E-state index contributed by atoms with van der Waals surface area (Å²) < 4.78 is 4.84. The normalized spacial score (nSPS) is 9.53. The van der Waals surface area contributed by atoms with Crippen LogP contribution in [0.25, 0.3) is 0 Å². The molecule has 0 bridgehead atoms. The third-order valence-electron chi connectivity index (χ3n) is 1.97. The van der Waals surface area contributed by atoms with Gasteiger partial charge in [0.25, 0.3) is 0 Å². The van der Waals surface area contributed by atoms with Crippen molar-refractivity contribution in [3.05, 3.63) is 28.3 Å². The van der Waals surface area contributed by atoms with Crippen molar-refractivity contribution in [3.63, 3.8) is 0 Å². The van der Waals surface area contributed by atoms with Gasteiger partial charge in [-0.1, -0.05) is 0 Å². The number of nitro benzene ring substituents is 1. The Hall–Kier alpha value is -2.31. The number of carbonyl (C=O) groups excluding carboxylic acids is 1. The van der Waals surface area contributed by atoms with E-state index < -0.39 is 11.0 Å². The molecule has 92 valence electrons. The maximum absolute atomic E-state index is 11.2. The molecule has 0 saturated heterocycles. The Morgan fingerprint density at radius 3 is 2.76 bits per heavy atom. The van der Waals surface area contributed by atoms with Gasteiger partial charge in [-0.2, -0.15) is 0 Å². The first kappa shape index (κ1) is 12.8. The molecular formula is C10H13N3O4. The number of nitrogens with one attached hydrogen (secondary N) is 2. The molecule has 0 unspecified atom stereocenters. The lowest BCUT2D eigenvalue weighted by Gasteiger charge is -2.07. The van der Waals surface area contributed by atoms with Gasteiger partial charge in [0.2, 0.25) is 0 Å². The van der Waals surface area contributed by atoms with Gasteiger partial charge >= 0.3 is 11.7 Å². The first-order valence-corrected chi connectivity index (χ1v) is 4.95. The molecule has 0 aromatic heterocycles. The van der Waals surface area contributed by atoms with Crippen molar-refractivity contribution in [3.8, 4) is 5.75 Å². The SMILES string of the molecule is CCNC(=O)Nc1ccc(OC)c([N+](=O)[O-])c1. The molecule has 0 saturated carbocycles. The minimum Gasteiger partial charge on any atom is -0.490 e. The van der Waals surface area contributed by atoms with E-state index in [9.17, 15) is 14.9 Å². The molecule has 0 aliphatic carbocycles. The monoisotopic (exact) mass is 239 g/mol. The Kier molecular flexibility index (Phi) is 4.27. The molecule has 0 aliphatic heterocycles. The number of nitro groups is 1. The summed E-state index contributed by atoms with van der Waals surface area (Å²) in [4.78, 5) is 21.4. The van der Waals surface area contributed by atoms with Crippen LogP contribution in [0.4, 0.5) is 16.2 Å². The van der Waals surface area contributed by atoms with E-state index >= 15 is 0 Å². The summed E-state index contributed by atoms with van der Waals surface area (Å²) in [5, 5.41) is 15.7. The van der Waals surface area contributed by atoms with E-state index in [1.165, 1.54) is 25.3 Å². The van der Waals surface area contributed by atoms with Gasteiger partial charge in [-0.05, 0) is 19.1 Å². The number of hydrogen-bond donors (Lipinski definition) is 2. The molecule has 0 radical (unpaired) electrons. The Bertz CT molecular complexity index is 434. The quantitative estimate of drug-likeness (QED) is 0.618. The van der Waals surface area contributed by atoms with Crippen LogP contribution in [-0.2, 0) is 0 Å². The topological polar surface area (TPSA) is 93.5 Å². The largest absolute Gasteiger partial charge is 0.490 e. The zero-order chi connectivity index (χ0) is 12.8. The highest BCUT2D eigenvalue weighted by Gasteiger charge is 2.15. The summed E-state index contributed by atoms with van der Waals surface area (Å²) in [7, 11) is 1.35. The summed E-state index contributed by atoms with van der Waals surface area (Å²) in [5.74, 6) is 0.149. The second-order valence-corrected chi connectivity index (χ2v) is 3.13. The van der Waals surface area contributed by atoms with Gasteiger partial charge in [0.05, 0.1) is 12.0 Å². The van der Waals surface area contributed by atoms with E-state index in [-0.39, 0.29) is 11.4 Å². The van der Waals surface area contributed by atoms with Crippen molar-refractivity contribution in [2.24, 2.45) is 0 Å². The summed E-state index contributed by atoms with van der Waals surface area (Å²) >= 11 is 0. The average Bonchev–Trinajstić information content (AvgIpc) is 2.29. The number of rotatable bonds is 4. The second-order valence-electron chi connectivity index (χ2n) is 3.13. The molecule has 0 fully saturated rings. The number of amides is 2. The Labute approximate surface area is 97.9 Å². The first-order valence-electron chi connectivity index (χ1n) is 4.95. The number of urea groups is 1. The minimum atomic E-state index is -0.568. The van der Waals surface area contributed by atoms with Gasteiger partial charge in [-0.3, -0.25) is 10.1 Å². The Morgan fingerprint density at radius 2 is 2.24 bits per heavy atom. The molecule has 0 aliphatic rings. The van der Waals surface area contributed by atoms with Crippen LogP contribution in [0.2, 0.25) is 0 Å². The molecule has 7 nitrogen and oxygen atoms in total. The lowest BCUT2D eigenvalue weighted by atomic mass is 10.2. The van der Waals surface area contributed by atoms with Crippen LogP contribution in [0.15, 0.2) is 18.2 Å². The van der Waals surface area contributed by atoms with E-state index in [1.54, 1.807) is 6.92 Å². The molecule has 7 heteroatoms. The van der Waals surface area contributed by atoms with Crippen molar-refractivity contribution in [2.75, 3.05) is 19.0 Å². The fourth-order valence-corrected chi connectivity index (χ4v) is 1.25. The molecule has 2 N–H and O–H groups in total. The van der Waals surface area contributed by atoms with Crippen LogP contribution >= 0.6 is 0 Å². The van der Waals surface area contributed by atoms with Crippen molar-refractivity contribution in [1.29, 1.82) is 0 Å². The number of ether oxygens (including phenoxy) is 1. The summed E-state index contributed by atoms with van der Waals surface area (Å²) in [6, 6.07) is 3.79. The zero-order valence-electron chi connectivity index (χ0n) is 9.52. The highest BCUT2D eigenvalue weighted by atomic mass is 16.6. The molecule has 1 aromatic rings. The van der Waals surface area contributed by atoms with E-state index in [2.05, 4.69) is 10.6 Å². The summed E-state index contributed by atoms with van der Waals surface area (Å²) in [5.41, 5.74) is 0.144. The van der Waals surface area contributed by atoms with E-state index in [0.717, 1.165) is 0 Å². The van der Waals surface area contributed by atoms with E-state index in [4.69, 9.17) is 4.74 Å². The fourth-order valence-electron chi connectivity index (χ4n) is 1.25. The number of carbonyl (C=O) groups is 1. The predicted octanol–water partition coefficient (Wildman–Crippen LogP) is 1.74. The summed E-state index contributed by atoms with van der Waals surface area (Å²) in [6.45, 7) is 2.25. The fraction of sp³-hybridized carbons (Fsp3) is 0.300. The van der Waals surface area contributed by atoms with Crippen molar-refractivity contribution in [2.45, 2.75) is 6.92 Å². The van der Waals surface area contributed by atoms with Crippen LogP contribution in [0, 0.1) is 10.1 Å². The number of hydrogen-bond acceptors (Lipinski definition) is 4. The van der Waals surface area contributed by atoms with Gasteiger partial charge in [-0.25, -0.2) is 4.79 Å². The predicted molar refractivity (Wildman–Crippen MR) is 62.3 cm³/mol. The molecule has 2 amide bonds. The van der Waals surface area contributed by atoms with Crippen molar-refractivity contribution in [1.82, 2.24) is 5.32 Å². The van der Waals surface area contributed by atoms with Crippen LogP contribution in [0.5, 0.6) is 5.75 Å². The Balaban J connectivity index is 2.92. The van der Waals surface area contributed by atoms with Gasteiger partial charge in [0, 0.05) is 18.3 Å². The minimum absolute atomic E-state index is 0.149. The second kappa shape index (κ2) is 5.69. The standard InChI is InChI=1S/C10H13N3O4/c1-3-11-10(14)12-7-4-5-9(17-2)8(6-7)13(15)16/h4-6H,3H2,1-2H3,(H2,11,12,14). The highest BCUT2D eigenvalue weighted by Crippen LogP contribution is 2.29. The Morgan fingerprint density at radius 1 is 1.53 bits per heavy atom. The van der Waals surface area contributed by atoms with Crippen molar-refractivity contribution >= 4 is 17.4 Å². The number of methoxy groups -OCH3 is 1. The van der Waals surface area contributed by atoms with Gasteiger partial charge in [0.1, 0.15) is 0 Å². The number of nitrogens with zero attached hydrogens (tertiary/aromatic N) is 1. The molecular weight excluding hydrogens is 226 g/mol. The van der Waals surface area contributed by atoms with Crippen LogP contribution in [0.1, 0.15) is 6.92 Å². The van der Waals surface area contributed by atoms with Gasteiger partial charge < -0.3 is 15.4 Å². The van der Waals surface area contributed by atoms with Gasteiger partial charge in [-0.15, -0.1) is 0 Å². The average molecular weight is 239 g/mol.